The second-order valence-corrected chi connectivity index (χ2v) is 5.66. The van der Waals surface area contributed by atoms with E-state index in [0.717, 1.165) is 23.9 Å². The number of hydrogen-bond donors (Lipinski definition) is 1. The van der Waals surface area contributed by atoms with E-state index in [0.29, 0.717) is 5.92 Å². The maximum absolute atomic E-state index is 4.59. The van der Waals surface area contributed by atoms with Crippen molar-refractivity contribution in [3.05, 3.63) is 41.7 Å². The van der Waals surface area contributed by atoms with Crippen molar-refractivity contribution in [1.29, 1.82) is 0 Å². The number of anilines is 2. The third-order valence-corrected chi connectivity index (χ3v) is 3.46. The van der Waals surface area contributed by atoms with Crippen molar-refractivity contribution in [2.75, 3.05) is 5.32 Å². The van der Waals surface area contributed by atoms with Gasteiger partial charge in [0.25, 0.3) is 0 Å². The average Bonchev–Trinajstić information content (AvgIpc) is 2.76. The van der Waals surface area contributed by atoms with Gasteiger partial charge in [-0.2, -0.15) is 0 Å². The van der Waals surface area contributed by atoms with E-state index in [1.54, 1.807) is 0 Å². The van der Waals surface area contributed by atoms with Crippen LogP contribution in [-0.2, 0) is 6.54 Å². The molecule has 1 heterocycles. The Hall–Kier alpha value is -1.77. The molecule has 3 nitrogen and oxygen atoms in total. The summed E-state index contributed by atoms with van der Waals surface area (Å²) >= 11 is 0. The SMILES string of the molecule is CCCCn1cc(C)nc1Nc1cccc(C(C)C)c1. The summed E-state index contributed by atoms with van der Waals surface area (Å²) in [6, 6.07) is 8.58. The molecule has 0 atom stereocenters. The minimum atomic E-state index is 0.540. The van der Waals surface area contributed by atoms with Crippen LogP contribution in [0.2, 0.25) is 0 Å². The van der Waals surface area contributed by atoms with Crippen LogP contribution in [0.25, 0.3) is 0 Å². The van der Waals surface area contributed by atoms with Crippen molar-refractivity contribution in [3.8, 4) is 0 Å². The van der Waals surface area contributed by atoms with Crippen molar-refractivity contribution < 1.29 is 0 Å². The third kappa shape index (κ3) is 3.62. The zero-order valence-corrected chi connectivity index (χ0v) is 13.0. The number of unbranched alkanes of at least 4 members (excludes halogenated alkanes) is 1. The molecule has 0 bridgehead atoms. The fraction of sp³-hybridized carbons (Fsp3) is 0.471. The van der Waals surface area contributed by atoms with Gasteiger partial charge in [-0.15, -0.1) is 0 Å². The van der Waals surface area contributed by atoms with Crippen molar-refractivity contribution >= 4 is 11.6 Å². The number of imidazole rings is 1. The van der Waals surface area contributed by atoms with E-state index in [9.17, 15) is 0 Å². The second kappa shape index (κ2) is 6.60. The zero-order chi connectivity index (χ0) is 14.5. The first-order valence-electron chi connectivity index (χ1n) is 7.51. The van der Waals surface area contributed by atoms with Crippen LogP contribution in [0, 0.1) is 6.92 Å². The fourth-order valence-corrected chi connectivity index (χ4v) is 2.25. The van der Waals surface area contributed by atoms with Crippen molar-refractivity contribution in [3.63, 3.8) is 0 Å². The van der Waals surface area contributed by atoms with E-state index in [4.69, 9.17) is 0 Å². The molecule has 0 radical (unpaired) electrons. The maximum atomic E-state index is 4.59. The van der Waals surface area contributed by atoms with Crippen LogP contribution in [0.5, 0.6) is 0 Å². The standard InChI is InChI=1S/C17H25N3/c1-5-6-10-20-12-14(4)18-17(20)19-16-9-7-8-15(11-16)13(2)3/h7-9,11-13H,5-6,10H2,1-4H3,(H,18,19). The minimum Gasteiger partial charge on any atom is -0.326 e. The number of nitrogens with one attached hydrogen (secondary N) is 1. The molecule has 1 aromatic heterocycles. The monoisotopic (exact) mass is 271 g/mol. The van der Waals surface area contributed by atoms with Crippen LogP contribution in [0.15, 0.2) is 30.5 Å². The molecule has 0 spiro atoms. The third-order valence-electron chi connectivity index (χ3n) is 3.46. The molecular weight excluding hydrogens is 246 g/mol. The Morgan fingerprint density at radius 3 is 2.80 bits per heavy atom. The minimum absolute atomic E-state index is 0.540. The Morgan fingerprint density at radius 2 is 2.10 bits per heavy atom. The fourth-order valence-electron chi connectivity index (χ4n) is 2.25. The van der Waals surface area contributed by atoms with E-state index < -0.39 is 0 Å². The second-order valence-electron chi connectivity index (χ2n) is 5.66. The lowest BCUT2D eigenvalue weighted by Gasteiger charge is -2.11. The van der Waals surface area contributed by atoms with Gasteiger partial charge in [0.1, 0.15) is 0 Å². The molecule has 0 fully saturated rings. The molecule has 0 aliphatic carbocycles. The number of benzene rings is 1. The Labute approximate surface area is 122 Å². The zero-order valence-electron chi connectivity index (χ0n) is 13.0. The molecule has 0 amide bonds. The quantitative estimate of drug-likeness (QED) is 0.813. The normalized spacial score (nSPS) is 11.1. The highest BCUT2D eigenvalue weighted by molar-refractivity contribution is 5.55. The molecule has 3 heteroatoms. The lowest BCUT2D eigenvalue weighted by atomic mass is 10.0. The molecule has 0 saturated heterocycles. The number of hydrogen-bond acceptors (Lipinski definition) is 2. The highest BCUT2D eigenvalue weighted by atomic mass is 15.2. The summed E-state index contributed by atoms with van der Waals surface area (Å²) in [5.74, 6) is 1.48. The van der Waals surface area contributed by atoms with Crippen LogP contribution in [0.4, 0.5) is 11.6 Å². The summed E-state index contributed by atoms with van der Waals surface area (Å²) in [5.41, 5.74) is 3.52. The number of nitrogens with zero attached hydrogens (tertiary/aromatic N) is 2. The summed E-state index contributed by atoms with van der Waals surface area (Å²) in [5, 5.41) is 3.45. The Balaban J connectivity index is 2.18. The molecule has 0 unspecified atom stereocenters. The Kier molecular flexibility index (Phi) is 4.83. The number of aryl methyl sites for hydroxylation is 2. The van der Waals surface area contributed by atoms with Gasteiger partial charge < -0.3 is 9.88 Å². The van der Waals surface area contributed by atoms with E-state index in [1.165, 1.54) is 18.4 Å². The molecule has 20 heavy (non-hydrogen) atoms. The first-order valence-corrected chi connectivity index (χ1v) is 7.51. The van der Waals surface area contributed by atoms with E-state index in [1.807, 2.05) is 6.92 Å². The number of aromatic nitrogens is 2. The van der Waals surface area contributed by atoms with Crippen molar-refractivity contribution in [1.82, 2.24) is 9.55 Å². The molecule has 1 N–H and O–H groups in total. The van der Waals surface area contributed by atoms with Gasteiger partial charge in [0.05, 0.1) is 5.69 Å². The average molecular weight is 271 g/mol. The van der Waals surface area contributed by atoms with Gasteiger partial charge in [-0.05, 0) is 37.0 Å². The van der Waals surface area contributed by atoms with Gasteiger partial charge in [0, 0.05) is 18.4 Å². The predicted octanol–water partition coefficient (Wildman–Crippen LogP) is 4.86. The number of rotatable bonds is 6. The van der Waals surface area contributed by atoms with Gasteiger partial charge in [-0.3, -0.25) is 0 Å². The summed E-state index contributed by atoms with van der Waals surface area (Å²) in [6.45, 7) is 9.70. The highest BCUT2D eigenvalue weighted by Gasteiger charge is 2.06. The van der Waals surface area contributed by atoms with Crippen LogP contribution < -0.4 is 5.32 Å². The topological polar surface area (TPSA) is 29.9 Å². The summed E-state index contributed by atoms with van der Waals surface area (Å²) in [7, 11) is 0. The van der Waals surface area contributed by atoms with Crippen molar-refractivity contribution in [2.24, 2.45) is 0 Å². The first-order chi connectivity index (χ1) is 9.60. The van der Waals surface area contributed by atoms with Gasteiger partial charge in [0.2, 0.25) is 5.95 Å². The first kappa shape index (κ1) is 14.6. The molecule has 0 aliphatic rings. The van der Waals surface area contributed by atoms with E-state index in [-0.39, 0.29) is 0 Å². The van der Waals surface area contributed by atoms with Gasteiger partial charge in [0.15, 0.2) is 0 Å². The van der Waals surface area contributed by atoms with Gasteiger partial charge in [-0.25, -0.2) is 4.98 Å². The van der Waals surface area contributed by atoms with E-state index in [2.05, 4.69) is 66.1 Å². The highest BCUT2D eigenvalue weighted by Crippen LogP contribution is 2.22. The molecule has 2 rings (SSSR count). The van der Waals surface area contributed by atoms with Crippen molar-refractivity contribution in [2.45, 2.75) is 53.0 Å². The smallest absolute Gasteiger partial charge is 0.207 e. The van der Waals surface area contributed by atoms with Crippen LogP contribution in [0.3, 0.4) is 0 Å². The molecular formula is C17H25N3. The van der Waals surface area contributed by atoms with Gasteiger partial charge >= 0.3 is 0 Å². The Morgan fingerprint density at radius 1 is 1.30 bits per heavy atom. The van der Waals surface area contributed by atoms with Crippen LogP contribution in [-0.4, -0.2) is 9.55 Å². The summed E-state index contributed by atoms with van der Waals surface area (Å²) in [4.78, 5) is 4.59. The summed E-state index contributed by atoms with van der Waals surface area (Å²) in [6.07, 6.45) is 4.49. The Bertz CT molecular complexity index is 555. The predicted molar refractivity (Wildman–Crippen MR) is 85.7 cm³/mol. The molecule has 1 aromatic carbocycles. The molecule has 108 valence electrons. The lowest BCUT2D eigenvalue weighted by molar-refractivity contribution is 0.637. The maximum Gasteiger partial charge on any atom is 0.207 e. The van der Waals surface area contributed by atoms with E-state index >= 15 is 0 Å². The van der Waals surface area contributed by atoms with Gasteiger partial charge in [-0.1, -0.05) is 39.3 Å². The lowest BCUT2D eigenvalue weighted by Crippen LogP contribution is -2.03. The molecule has 2 aromatic rings. The van der Waals surface area contributed by atoms with Crippen LogP contribution in [0.1, 0.15) is 50.8 Å². The molecule has 0 aliphatic heterocycles. The summed E-state index contributed by atoms with van der Waals surface area (Å²) < 4.78 is 2.21. The van der Waals surface area contributed by atoms with Crippen LogP contribution >= 0.6 is 0 Å². The molecule has 0 saturated carbocycles. The largest absolute Gasteiger partial charge is 0.326 e.